The van der Waals surface area contributed by atoms with Crippen molar-refractivity contribution in [3.63, 3.8) is 0 Å². The number of H-pyrrole nitrogens is 3. The predicted octanol–water partition coefficient (Wildman–Crippen LogP) is 3.70. The SMILES string of the molecule is COc1ccc(CCl)cc1.Cc1ccc(Cn2c(Cl)cc(=O)[nH]c2=O)cc1.O=c1cc(Cl)[nH]c(=O)[nH]1. The molecule has 0 aliphatic carbocycles. The summed E-state index contributed by atoms with van der Waals surface area (Å²) in [6, 6.07) is 17.7. The molecule has 190 valence electrons. The third-order valence-electron chi connectivity index (χ3n) is 4.49. The Morgan fingerprint density at radius 2 is 1.39 bits per heavy atom. The average Bonchev–Trinajstić information content (AvgIpc) is 2.82. The zero-order valence-corrected chi connectivity index (χ0v) is 21.6. The van der Waals surface area contributed by atoms with Crippen molar-refractivity contribution in [3.8, 4) is 5.75 Å². The van der Waals surface area contributed by atoms with Crippen LogP contribution in [0.1, 0.15) is 16.7 Å². The van der Waals surface area contributed by atoms with Gasteiger partial charge in [-0.05, 0) is 30.2 Å². The Hall–Kier alpha value is -3.53. The highest BCUT2D eigenvalue weighted by atomic mass is 35.5. The molecule has 4 aromatic rings. The molecule has 0 atom stereocenters. The van der Waals surface area contributed by atoms with Gasteiger partial charge in [-0.2, -0.15) is 0 Å². The van der Waals surface area contributed by atoms with Crippen LogP contribution in [0.2, 0.25) is 10.3 Å². The number of rotatable bonds is 4. The lowest BCUT2D eigenvalue weighted by Gasteiger charge is -2.07. The van der Waals surface area contributed by atoms with Gasteiger partial charge in [0.05, 0.1) is 13.7 Å². The minimum Gasteiger partial charge on any atom is -0.497 e. The van der Waals surface area contributed by atoms with Crippen LogP contribution < -0.4 is 27.2 Å². The maximum atomic E-state index is 11.6. The third kappa shape index (κ3) is 9.61. The van der Waals surface area contributed by atoms with Gasteiger partial charge in [0, 0.05) is 18.0 Å². The minimum atomic E-state index is -0.590. The summed E-state index contributed by atoms with van der Waals surface area (Å²) in [7, 11) is 1.65. The first-order valence-electron chi connectivity index (χ1n) is 10.3. The highest BCUT2D eigenvalue weighted by molar-refractivity contribution is 6.29. The number of alkyl halides is 1. The van der Waals surface area contributed by atoms with E-state index in [2.05, 4.69) is 9.97 Å². The number of aromatic amines is 3. The van der Waals surface area contributed by atoms with Gasteiger partial charge in [0.15, 0.2) is 0 Å². The maximum Gasteiger partial charge on any atom is 0.329 e. The summed E-state index contributed by atoms with van der Waals surface area (Å²) in [6.45, 7) is 2.33. The van der Waals surface area contributed by atoms with Crippen LogP contribution >= 0.6 is 34.8 Å². The van der Waals surface area contributed by atoms with Gasteiger partial charge in [0.2, 0.25) is 0 Å². The Balaban J connectivity index is 0.000000205. The molecule has 36 heavy (non-hydrogen) atoms. The van der Waals surface area contributed by atoms with Gasteiger partial charge < -0.3 is 4.74 Å². The van der Waals surface area contributed by atoms with Gasteiger partial charge in [-0.1, -0.05) is 65.2 Å². The monoisotopic (exact) mass is 552 g/mol. The Kier molecular flexibility index (Phi) is 11.3. The van der Waals surface area contributed by atoms with Gasteiger partial charge in [0.1, 0.15) is 16.1 Å². The van der Waals surface area contributed by atoms with Crippen molar-refractivity contribution in [2.45, 2.75) is 19.3 Å². The number of aromatic nitrogens is 4. The van der Waals surface area contributed by atoms with E-state index in [1.54, 1.807) is 7.11 Å². The summed E-state index contributed by atoms with van der Waals surface area (Å²) >= 11 is 16.7. The maximum absolute atomic E-state index is 11.6. The minimum absolute atomic E-state index is 0.0451. The van der Waals surface area contributed by atoms with Gasteiger partial charge in [-0.15, -0.1) is 11.6 Å². The zero-order valence-electron chi connectivity index (χ0n) is 19.3. The normalized spacial score (nSPS) is 9.92. The van der Waals surface area contributed by atoms with E-state index >= 15 is 0 Å². The summed E-state index contributed by atoms with van der Waals surface area (Å²) in [5, 5.41) is 0.183. The van der Waals surface area contributed by atoms with Crippen LogP contribution in [0, 0.1) is 6.92 Å². The standard InChI is InChI=1S/C12H11ClN2O2.C8H9ClO.C4H3ClN2O2/c1-8-2-4-9(5-3-8)7-15-10(13)6-11(16)14-12(15)17;1-10-8-4-2-7(6-9)3-5-8;5-2-1-3(8)7-4(9)6-2/h2-6H,7H2,1H3,(H,14,16,17);2-5H,6H2,1H3;1H,(H2,6,7,8,9). The number of benzene rings is 2. The molecule has 0 aliphatic heterocycles. The zero-order chi connectivity index (χ0) is 26.7. The largest absolute Gasteiger partial charge is 0.497 e. The molecule has 2 aromatic heterocycles. The van der Waals surface area contributed by atoms with E-state index < -0.39 is 22.5 Å². The Morgan fingerprint density at radius 3 is 1.89 bits per heavy atom. The number of hydrogen-bond donors (Lipinski definition) is 3. The Labute approximate surface area is 220 Å². The average molecular weight is 554 g/mol. The second-order valence-corrected chi connectivity index (χ2v) is 8.31. The van der Waals surface area contributed by atoms with Crippen LogP contribution in [0.25, 0.3) is 0 Å². The summed E-state index contributed by atoms with van der Waals surface area (Å²) in [5.74, 6) is 1.43. The second-order valence-electron chi connectivity index (χ2n) is 7.25. The summed E-state index contributed by atoms with van der Waals surface area (Å²) in [6.07, 6.45) is 0. The number of nitrogens with zero attached hydrogens (tertiary/aromatic N) is 1. The van der Waals surface area contributed by atoms with Crippen molar-refractivity contribution in [1.29, 1.82) is 0 Å². The van der Waals surface area contributed by atoms with Crippen molar-refractivity contribution < 1.29 is 4.74 Å². The molecule has 0 saturated carbocycles. The first-order chi connectivity index (χ1) is 17.1. The van der Waals surface area contributed by atoms with Gasteiger partial charge in [0.25, 0.3) is 11.1 Å². The van der Waals surface area contributed by atoms with E-state index in [1.807, 2.05) is 60.4 Å². The Bertz CT molecular complexity index is 1440. The number of aryl methyl sites for hydroxylation is 1. The molecule has 3 N–H and O–H groups in total. The molecule has 0 radical (unpaired) electrons. The number of nitrogens with one attached hydrogen (secondary N) is 3. The number of halogens is 3. The molecule has 2 heterocycles. The van der Waals surface area contributed by atoms with Crippen LogP contribution in [0.5, 0.6) is 5.75 Å². The van der Waals surface area contributed by atoms with E-state index in [1.165, 1.54) is 10.6 Å². The van der Waals surface area contributed by atoms with E-state index in [0.717, 1.165) is 28.5 Å². The molecular weight excluding hydrogens is 531 g/mol. The number of hydrogen-bond acceptors (Lipinski definition) is 5. The number of methoxy groups -OCH3 is 1. The molecule has 12 heteroatoms. The van der Waals surface area contributed by atoms with Crippen LogP contribution in [-0.4, -0.2) is 26.6 Å². The van der Waals surface area contributed by atoms with E-state index in [0.29, 0.717) is 12.4 Å². The van der Waals surface area contributed by atoms with Gasteiger partial charge >= 0.3 is 11.4 Å². The van der Waals surface area contributed by atoms with Crippen molar-refractivity contribution in [2.75, 3.05) is 7.11 Å². The van der Waals surface area contributed by atoms with E-state index in [-0.39, 0.29) is 10.3 Å². The molecule has 0 fully saturated rings. The summed E-state index contributed by atoms with van der Waals surface area (Å²) in [5.41, 5.74) is 1.14. The van der Waals surface area contributed by atoms with Crippen LogP contribution in [-0.2, 0) is 12.4 Å². The topological polar surface area (TPSA) is 130 Å². The molecular formula is C24H23Cl3N4O5. The lowest BCUT2D eigenvalue weighted by atomic mass is 10.1. The quantitative estimate of drug-likeness (QED) is 0.262. The molecule has 0 spiro atoms. The smallest absolute Gasteiger partial charge is 0.329 e. The van der Waals surface area contributed by atoms with E-state index in [9.17, 15) is 19.2 Å². The van der Waals surface area contributed by atoms with Crippen LogP contribution in [0.4, 0.5) is 0 Å². The highest BCUT2D eigenvalue weighted by Crippen LogP contribution is 2.12. The fourth-order valence-electron chi connectivity index (χ4n) is 2.67. The van der Waals surface area contributed by atoms with Crippen molar-refractivity contribution >= 4 is 34.8 Å². The lowest BCUT2D eigenvalue weighted by Crippen LogP contribution is -2.30. The fraction of sp³-hybridized carbons (Fsp3) is 0.167. The van der Waals surface area contributed by atoms with Crippen LogP contribution in [0.15, 0.2) is 79.8 Å². The molecule has 2 aromatic carbocycles. The fourth-order valence-corrected chi connectivity index (χ4v) is 3.27. The lowest BCUT2D eigenvalue weighted by molar-refractivity contribution is 0.414. The molecule has 0 unspecified atom stereocenters. The first-order valence-corrected chi connectivity index (χ1v) is 11.6. The molecule has 0 aliphatic rings. The van der Waals surface area contributed by atoms with Crippen LogP contribution in [0.3, 0.4) is 0 Å². The first kappa shape index (κ1) is 28.7. The van der Waals surface area contributed by atoms with Crippen molar-refractivity contribution in [2.24, 2.45) is 0 Å². The molecule has 0 saturated heterocycles. The second kappa shape index (κ2) is 14.1. The van der Waals surface area contributed by atoms with Gasteiger partial charge in [-0.3, -0.25) is 29.1 Å². The van der Waals surface area contributed by atoms with Crippen molar-refractivity contribution in [3.05, 3.63) is 129 Å². The summed E-state index contributed by atoms with van der Waals surface area (Å²) in [4.78, 5) is 49.5. The summed E-state index contributed by atoms with van der Waals surface area (Å²) < 4.78 is 6.28. The molecule has 0 amide bonds. The highest BCUT2D eigenvalue weighted by Gasteiger charge is 2.04. The predicted molar refractivity (Wildman–Crippen MR) is 142 cm³/mol. The van der Waals surface area contributed by atoms with Gasteiger partial charge in [-0.25, -0.2) is 9.59 Å². The van der Waals surface area contributed by atoms with E-state index in [4.69, 9.17) is 39.5 Å². The molecule has 0 bridgehead atoms. The molecule has 9 nitrogen and oxygen atoms in total. The number of ether oxygens (including phenoxy) is 1. The molecule has 4 rings (SSSR count). The van der Waals surface area contributed by atoms with Crippen molar-refractivity contribution in [1.82, 2.24) is 19.5 Å². The third-order valence-corrected chi connectivity index (χ3v) is 5.31. The Morgan fingerprint density at radius 1 is 0.806 bits per heavy atom.